The smallest absolute Gasteiger partial charge is 0.306 e. The minimum absolute atomic E-state index is 0.0301. The molecule has 0 radical (unpaired) electrons. The van der Waals surface area contributed by atoms with Crippen LogP contribution in [0.4, 0.5) is 0 Å². The van der Waals surface area contributed by atoms with Gasteiger partial charge in [-0.15, -0.1) is 0 Å². The Kier molecular flexibility index (Phi) is 17.5. The van der Waals surface area contributed by atoms with Crippen LogP contribution in [0.2, 0.25) is 0 Å². The molecule has 236 valence electrons. The highest BCUT2D eigenvalue weighted by Gasteiger charge is 2.36. The van der Waals surface area contributed by atoms with Gasteiger partial charge < -0.3 is 9.84 Å². The van der Waals surface area contributed by atoms with Gasteiger partial charge in [0.25, 0.3) is 0 Å². The highest BCUT2D eigenvalue weighted by Crippen LogP contribution is 2.36. The number of aliphatic hydroxyl groups is 1. The molecule has 3 aliphatic rings. The minimum Gasteiger partial charge on any atom is -0.466 e. The molecular formula is C36H56O6. The van der Waals surface area contributed by atoms with Gasteiger partial charge in [-0.25, -0.2) is 0 Å². The van der Waals surface area contributed by atoms with Crippen LogP contribution in [-0.4, -0.2) is 41.6 Å². The summed E-state index contributed by atoms with van der Waals surface area (Å²) in [6.45, 7) is 6.85. The van der Waals surface area contributed by atoms with E-state index in [-0.39, 0.29) is 42.0 Å². The summed E-state index contributed by atoms with van der Waals surface area (Å²) < 4.78 is 5.49. The van der Waals surface area contributed by atoms with Gasteiger partial charge in [0, 0.05) is 50.0 Å². The van der Waals surface area contributed by atoms with Crippen LogP contribution in [0.15, 0.2) is 36.5 Å². The summed E-state index contributed by atoms with van der Waals surface area (Å²) in [7, 11) is 0. The first kappa shape index (κ1) is 35.9. The quantitative estimate of drug-likeness (QED) is 0.149. The van der Waals surface area contributed by atoms with E-state index in [1.165, 1.54) is 0 Å². The lowest BCUT2D eigenvalue weighted by atomic mass is 9.89. The van der Waals surface area contributed by atoms with Crippen LogP contribution in [0.1, 0.15) is 117 Å². The van der Waals surface area contributed by atoms with Crippen LogP contribution in [0.3, 0.4) is 0 Å². The molecule has 0 aromatic heterocycles. The molecular weight excluding hydrogens is 528 g/mol. The number of aliphatic hydroxyl groups excluding tert-OH is 1. The van der Waals surface area contributed by atoms with Crippen molar-refractivity contribution in [3.05, 3.63) is 36.5 Å². The number of carbonyl (C=O) groups is 4. The maximum Gasteiger partial charge on any atom is 0.306 e. The van der Waals surface area contributed by atoms with Crippen LogP contribution >= 0.6 is 0 Å². The third kappa shape index (κ3) is 12.1. The van der Waals surface area contributed by atoms with E-state index in [2.05, 4.69) is 57.2 Å². The zero-order valence-electron chi connectivity index (χ0n) is 26.4. The Bertz CT molecular complexity index is 931. The number of allylic oxidation sites excluding steroid dienone is 6. The molecule has 0 spiro atoms. The van der Waals surface area contributed by atoms with E-state index in [0.29, 0.717) is 49.3 Å². The van der Waals surface area contributed by atoms with Crippen molar-refractivity contribution in [1.29, 1.82) is 0 Å². The van der Waals surface area contributed by atoms with Gasteiger partial charge in [0.2, 0.25) is 0 Å². The van der Waals surface area contributed by atoms with E-state index in [0.717, 1.165) is 77.0 Å². The van der Waals surface area contributed by atoms with Gasteiger partial charge in [0.15, 0.2) is 0 Å². The first-order valence-electron chi connectivity index (χ1n) is 16.7. The Morgan fingerprint density at radius 3 is 1.50 bits per heavy atom. The molecule has 6 atom stereocenters. The van der Waals surface area contributed by atoms with Crippen molar-refractivity contribution in [2.24, 2.45) is 35.5 Å². The average molecular weight is 585 g/mol. The van der Waals surface area contributed by atoms with Crippen LogP contribution in [0, 0.1) is 35.5 Å². The van der Waals surface area contributed by atoms with Gasteiger partial charge in [-0.3, -0.25) is 19.2 Å². The summed E-state index contributed by atoms with van der Waals surface area (Å²) in [6.07, 6.45) is 24.5. The molecule has 3 saturated carbocycles. The monoisotopic (exact) mass is 584 g/mol. The van der Waals surface area contributed by atoms with Crippen LogP contribution in [-0.2, 0) is 23.9 Å². The van der Waals surface area contributed by atoms with Gasteiger partial charge >= 0.3 is 5.97 Å². The molecule has 0 saturated heterocycles. The summed E-state index contributed by atoms with van der Waals surface area (Å²) in [6, 6.07) is 0. The summed E-state index contributed by atoms with van der Waals surface area (Å²) in [4.78, 5) is 48.0. The second-order valence-electron chi connectivity index (χ2n) is 12.2. The summed E-state index contributed by atoms with van der Waals surface area (Å²) in [5.41, 5.74) is 0. The molecule has 6 nitrogen and oxygen atoms in total. The minimum atomic E-state index is -0.198. The van der Waals surface area contributed by atoms with E-state index in [9.17, 15) is 19.2 Å². The predicted molar refractivity (Wildman–Crippen MR) is 168 cm³/mol. The van der Waals surface area contributed by atoms with E-state index in [1.807, 2.05) is 0 Å². The van der Waals surface area contributed by atoms with Gasteiger partial charge in [-0.1, -0.05) is 57.2 Å². The van der Waals surface area contributed by atoms with Crippen molar-refractivity contribution in [1.82, 2.24) is 0 Å². The molecule has 3 rings (SSSR count). The third-order valence-corrected chi connectivity index (χ3v) is 9.29. The fourth-order valence-corrected chi connectivity index (χ4v) is 6.83. The predicted octanol–water partition coefficient (Wildman–Crippen LogP) is 7.53. The molecule has 0 aliphatic heterocycles. The first-order valence-corrected chi connectivity index (χ1v) is 16.7. The summed E-state index contributed by atoms with van der Waals surface area (Å²) in [5, 5.41) is 8.87. The maximum absolute atomic E-state index is 12.3. The molecule has 0 amide bonds. The molecule has 6 heteroatoms. The number of Topliss-reactive ketones (excluding diaryl/α,β-unsaturated/α-hetero) is 3. The molecule has 0 bridgehead atoms. The molecule has 3 aliphatic carbocycles. The van der Waals surface area contributed by atoms with Crippen molar-refractivity contribution in [3.63, 3.8) is 0 Å². The van der Waals surface area contributed by atoms with Gasteiger partial charge in [0.1, 0.15) is 17.3 Å². The molecule has 6 unspecified atom stereocenters. The number of carbonyl (C=O) groups excluding carboxylic acids is 4. The van der Waals surface area contributed by atoms with Crippen molar-refractivity contribution < 1.29 is 29.0 Å². The second-order valence-corrected chi connectivity index (χ2v) is 12.2. The normalized spacial score (nSPS) is 28.0. The van der Waals surface area contributed by atoms with Gasteiger partial charge in [-0.05, 0) is 88.4 Å². The van der Waals surface area contributed by atoms with E-state index in [1.54, 1.807) is 0 Å². The van der Waals surface area contributed by atoms with Crippen LogP contribution < -0.4 is 0 Å². The molecule has 3 fully saturated rings. The van der Waals surface area contributed by atoms with Gasteiger partial charge in [0.05, 0.1) is 6.61 Å². The van der Waals surface area contributed by atoms with Gasteiger partial charge in [-0.2, -0.15) is 0 Å². The lowest BCUT2D eigenvalue weighted by molar-refractivity contribution is -0.145. The number of hydrogen-bond donors (Lipinski definition) is 1. The summed E-state index contributed by atoms with van der Waals surface area (Å²) in [5.74, 6) is 1.93. The van der Waals surface area contributed by atoms with Crippen molar-refractivity contribution in [2.75, 3.05) is 13.2 Å². The number of ketones is 3. The van der Waals surface area contributed by atoms with Crippen molar-refractivity contribution >= 4 is 23.3 Å². The average Bonchev–Trinajstić information content (AvgIpc) is 3.62. The summed E-state index contributed by atoms with van der Waals surface area (Å²) >= 11 is 0. The zero-order valence-corrected chi connectivity index (χ0v) is 26.4. The fraction of sp³-hybridized carbons (Fsp3) is 0.722. The second kappa shape index (κ2) is 20.5. The Hall–Kier alpha value is -2.34. The zero-order chi connectivity index (χ0) is 30.7. The standard InChI is InChI=1S/C24H36O4.C12H20O2/c1-3-5-7-9-20-18(11-13-22(20)25)15-16-28-24(27)17-19-12-14-23(26)21(19)10-8-6-4-2;1-2-3-4-5-11-10(8-9-13)6-7-12(11)14/h5-8,18-21H,3-4,9-17H2,1-2H3;3-4,10-11,13H,2,5-9H2,1H3/b7-5-,8-6-;4-3-. The largest absolute Gasteiger partial charge is 0.466 e. The molecule has 0 aromatic rings. The molecule has 0 aromatic carbocycles. The highest BCUT2D eigenvalue weighted by atomic mass is 16.5. The molecule has 0 heterocycles. The van der Waals surface area contributed by atoms with E-state index >= 15 is 0 Å². The molecule has 42 heavy (non-hydrogen) atoms. The number of esters is 1. The Morgan fingerprint density at radius 2 is 1.07 bits per heavy atom. The van der Waals surface area contributed by atoms with Crippen molar-refractivity contribution in [2.45, 2.75) is 117 Å². The Balaban J connectivity index is 0.000000369. The number of rotatable bonds is 16. The lowest BCUT2D eigenvalue weighted by Gasteiger charge is -2.18. The Morgan fingerprint density at radius 1 is 0.667 bits per heavy atom. The fourth-order valence-electron chi connectivity index (χ4n) is 6.83. The third-order valence-electron chi connectivity index (χ3n) is 9.29. The lowest BCUT2D eigenvalue weighted by Crippen LogP contribution is -2.20. The van der Waals surface area contributed by atoms with Crippen LogP contribution in [0.5, 0.6) is 0 Å². The SMILES string of the molecule is CC/C=C\CC1C(=O)CCC1CCO.CC/C=C\CC1C(=O)CCC1CCOC(=O)CC1CCC(=O)C1C/C=C\CC. The van der Waals surface area contributed by atoms with Crippen molar-refractivity contribution in [3.8, 4) is 0 Å². The number of ether oxygens (including phenoxy) is 1. The topological polar surface area (TPSA) is 97.7 Å². The van der Waals surface area contributed by atoms with E-state index < -0.39 is 0 Å². The molecule has 1 N–H and O–H groups in total. The highest BCUT2D eigenvalue weighted by molar-refractivity contribution is 5.85. The maximum atomic E-state index is 12.3. The first-order chi connectivity index (χ1) is 20.4. The number of hydrogen-bond acceptors (Lipinski definition) is 6. The Labute approximate surface area is 254 Å². The van der Waals surface area contributed by atoms with Crippen LogP contribution in [0.25, 0.3) is 0 Å². The van der Waals surface area contributed by atoms with E-state index in [4.69, 9.17) is 9.84 Å².